The topological polar surface area (TPSA) is 12.0 Å². The minimum atomic E-state index is 0.478. The molecule has 0 amide bonds. The molecule has 1 unspecified atom stereocenters. The Labute approximate surface area is 82.3 Å². The Morgan fingerprint density at radius 1 is 1.33 bits per heavy atom. The highest BCUT2D eigenvalue weighted by Gasteiger charge is 2.04. The summed E-state index contributed by atoms with van der Waals surface area (Å²) in [5.41, 5.74) is 1.35. The molecule has 0 saturated carbocycles. The van der Waals surface area contributed by atoms with E-state index < -0.39 is 0 Å². The van der Waals surface area contributed by atoms with Crippen LogP contribution in [0.15, 0.2) is 30.3 Å². The van der Waals surface area contributed by atoms with Crippen molar-refractivity contribution in [3.05, 3.63) is 35.9 Å². The van der Waals surface area contributed by atoms with E-state index in [2.05, 4.69) is 45.5 Å². The Hall–Kier alpha value is -0.340. The van der Waals surface area contributed by atoms with Crippen molar-refractivity contribution in [1.29, 1.82) is 0 Å². The molecule has 1 rings (SSSR count). The average molecular weight is 228 g/mol. The van der Waals surface area contributed by atoms with Crippen LogP contribution in [0.5, 0.6) is 0 Å². The molecule has 0 fully saturated rings. The number of alkyl halides is 1. The number of hydrogen-bond donors (Lipinski definition) is 1. The van der Waals surface area contributed by atoms with Crippen LogP contribution in [0.1, 0.15) is 16.8 Å². The molecule has 0 spiro atoms. The van der Waals surface area contributed by atoms with Crippen LogP contribution in [-0.2, 0) is 0 Å². The molecule has 0 aliphatic carbocycles. The number of nitrogens with one attached hydrogen (secondary N) is 1. The summed E-state index contributed by atoms with van der Waals surface area (Å²) < 4.78 is 0. The summed E-state index contributed by atoms with van der Waals surface area (Å²) in [5, 5.41) is 3.14. The van der Waals surface area contributed by atoms with Crippen LogP contribution in [0.25, 0.3) is 0 Å². The van der Waals surface area contributed by atoms with Gasteiger partial charge in [-0.2, -0.15) is 0 Å². The van der Waals surface area contributed by atoms with Gasteiger partial charge >= 0.3 is 0 Å². The number of benzene rings is 1. The van der Waals surface area contributed by atoms with Gasteiger partial charge < -0.3 is 5.32 Å². The van der Waals surface area contributed by atoms with E-state index in [1.807, 2.05) is 13.1 Å². The van der Waals surface area contributed by atoms with Crippen molar-refractivity contribution in [2.45, 2.75) is 11.2 Å². The molecule has 0 aromatic heterocycles. The summed E-state index contributed by atoms with van der Waals surface area (Å²) in [6.45, 7) is 1.05. The SMILES string of the molecule is CNCCC(Br)c1ccccc1. The fraction of sp³-hybridized carbons (Fsp3) is 0.400. The van der Waals surface area contributed by atoms with Crippen molar-refractivity contribution in [3.63, 3.8) is 0 Å². The van der Waals surface area contributed by atoms with Gasteiger partial charge in [-0.1, -0.05) is 46.3 Å². The van der Waals surface area contributed by atoms with Crippen LogP contribution < -0.4 is 5.32 Å². The molecule has 12 heavy (non-hydrogen) atoms. The number of rotatable bonds is 4. The van der Waals surface area contributed by atoms with Gasteiger partial charge in [0.2, 0.25) is 0 Å². The predicted octanol–water partition coefficient (Wildman–Crippen LogP) is 2.73. The molecular weight excluding hydrogens is 214 g/mol. The molecule has 0 heterocycles. The summed E-state index contributed by atoms with van der Waals surface area (Å²) in [5.74, 6) is 0. The van der Waals surface area contributed by atoms with Crippen LogP contribution >= 0.6 is 15.9 Å². The summed E-state index contributed by atoms with van der Waals surface area (Å²) in [4.78, 5) is 0.478. The lowest BCUT2D eigenvalue weighted by Gasteiger charge is -2.08. The van der Waals surface area contributed by atoms with Gasteiger partial charge in [-0.3, -0.25) is 0 Å². The first-order valence-electron chi connectivity index (χ1n) is 4.18. The molecule has 1 aromatic carbocycles. The van der Waals surface area contributed by atoms with Gasteiger partial charge in [0.1, 0.15) is 0 Å². The Morgan fingerprint density at radius 2 is 2.00 bits per heavy atom. The summed E-state index contributed by atoms with van der Waals surface area (Å²) in [6.07, 6.45) is 1.13. The van der Waals surface area contributed by atoms with E-state index in [0.717, 1.165) is 13.0 Å². The van der Waals surface area contributed by atoms with Crippen molar-refractivity contribution >= 4 is 15.9 Å². The monoisotopic (exact) mass is 227 g/mol. The highest BCUT2D eigenvalue weighted by molar-refractivity contribution is 9.09. The van der Waals surface area contributed by atoms with E-state index in [1.54, 1.807) is 0 Å². The van der Waals surface area contributed by atoms with Crippen LogP contribution in [0.4, 0.5) is 0 Å². The largest absolute Gasteiger partial charge is 0.320 e. The standard InChI is InChI=1S/C10H14BrN/c1-12-8-7-10(11)9-5-3-2-4-6-9/h2-6,10,12H,7-8H2,1H3. The van der Waals surface area contributed by atoms with Gasteiger partial charge in [-0.15, -0.1) is 0 Å². The highest BCUT2D eigenvalue weighted by Crippen LogP contribution is 2.24. The summed E-state index contributed by atoms with van der Waals surface area (Å²) >= 11 is 3.65. The lowest BCUT2D eigenvalue weighted by Crippen LogP contribution is -2.09. The molecule has 1 nitrogen and oxygen atoms in total. The third kappa shape index (κ3) is 2.95. The highest BCUT2D eigenvalue weighted by atomic mass is 79.9. The molecule has 1 atom stereocenters. The third-order valence-electron chi connectivity index (χ3n) is 1.81. The first-order valence-corrected chi connectivity index (χ1v) is 5.10. The van der Waals surface area contributed by atoms with Crippen LogP contribution in [-0.4, -0.2) is 13.6 Å². The second-order valence-electron chi connectivity index (χ2n) is 2.77. The van der Waals surface area contributed by atoms with Crippen molar-refractivity contribution < 1.29 is 0 Å². The van der Waals surface area contributed by atoms with Gasteiger partial charge in [0.25, 0.3) is 0 Å². The molecule has 1 aromatic rings. The van der Waals surface area contributed by atoms with Crippen LogP contribution in [0.2, 0.25) is 0 Å². The van der Waals surface area contributed by atoms with Gasteiger partial charge in [0.05, 0.1) is 0 Å². The van der Waals surface area contributed by atoms with Gasteiger partial charge in [0.15, 0.2) is 0 Å². The van der Waals surface area contributed by atoms with Crippen LogP contribution in [0.3, 0.4) is 0 Å². The minimum Gasteiger partial charge on any atom is -0.320 e. The van der Waals surface area contributed by atoms with Crippen molar-refractivity contribution in [2.24, 2.45) is 0 Å². The maximum atomic E-state index is 3.65. The Bertz CT molecular complexity index is 210. The molecule has 0 radical (unpaired) electrons. The molecule has 0 saturated heterocycles. The maximum absolute atomic E-state index is 3.65. The summed E-state index contributed by atoms with van der Waals surface area (Å²) in [7, 11) is 1.98. The lowest BCUT2D eigenvalue weighted by atomic mass is 10.1. The van der Waals surface area contributed by atoms with E-state index >= 15 is 0 Å². The maximum Gasteiger partial charge on any atom is 0.0407 e. The fourth-order valence-electron chi connectivity index (χ4n) is 1.10. The number of hydrogen-bond acceptors (Lipinski definition) is 1. The normalized spacial score (nSPS) is 12.8. The smallest absolute Gasteiger partial charge is 0.0407 e. The first kappa shape index (κ1) is 9.75. The van der Waals surface area contributed by atoms with E-state index in [1.165, 1.54) is 5.56 Å². The predicted molar refractivity (Wildman–Crippen MR) is 56.7 cm³/mol. The second-order valence-corrected chi connectivity index (χ2v) is 3.88. The van der Waals surface area contributed by atoms with Gasteiger partial charge in [0, 0.05) is 4.83 Å². The van der Waals surface area contributed by atoms with Crippen molar-refractivity contribution in [3.8, 4) is 0 Å². The molecular formula is C10H14BrN. The van der Waals surface area contributed by atoms with E-state index in [9.17, 15) is 0 Å². The van der Waals surface area contributed by atoms with E-state index in [-0.39, 0.29) is 0 Å². The molecule has 0 aliphatic rings. The van der Waals surface area contributed by atoms with E-state index in [0.29, 0.717) is 4.83 Å². The van der Waals surface area contributed by atoms with Gasteiger partial charge in [-0.05, 0) is 25.6 Å². The molecule has 1 N–H and O–H groups in total. The Kier molecular flexibility index (Phi) is 4.33. The Morgan fingerprint density at radius 3 is 2.58 bits per heavy atom. The average Bonchev–Trinajstić information content (AvgIpc) is 2.15. The Balaban J connectivity index is 2.48. The van der Waals surface area contributed by atoms with E-state index in [4.69, 9.17) is 0 Å². The molecule has 0 bridgehead atoms. The first-order chi connectivity index (χ1) is 5.84. The minimum absolute atomic E-state index is 0.478. The van der Waals surface area contributed by atoms with Gasteiger partial charge in [-0.25, -0.2) is 0 Å². The van der Waals surface area contributed by atoms with Crippen molar-refractivity contribution in [1.82, 2.24) is 5.32 Å². The number of halogens is 1. The fourth-order valence-corrected chi connectivity index (χ4v) is 1.63. The summed E-state index contributed by atoms with van der Waals surface area (Å²) in [6, 6.07) is 10.5. The zero-order chi connectivity index (χ0) is 8.81. The third-order valence-corrected chi connectivity index (χ3v) is 2.80. The zero-order valence-corrected chi connectivity index (χ0v) is 8.84. The van der Waals surface area contributed by atoms with Crippen LogP contribution in [0, 0.1) is 0 Å². The lowest BCUT2D eigenvalue weighted by molar-refractivity contribution is 0.721. The van der Waals surface area contributed by atoms with Crippen molar-refractivity contribution in [2.75, 3.05) is 13.6 Å². The zero-order valence-electron chi connectivity index (χ0n) is 7.26. The molecule has 0 aliphatic heterocycles. The second kappa shape index (κ2) is 5.33. The quantitative estimate of drug-likeness (QED) is 0.781. The molecule has 2 heteroatoms. The molecule has 66 valence electrons.